The van der Waals surface area contributed by atoms with Gasteiger partial charge in [0.15, 0.2) is 0 Å². The van der Waals surface area contributed by atoms with Crippen LogP contribution in [0.3, 0.4) is 0 Å². The molecule has 1 aliphatic heterocycles. The molecule has 1 unspecified atom stereocenters. The molecular weight excluding hydrogens is 429 g/mol. The first-order valence-electron chi connectivity index (χ1n) is 9.78. The summed E-state index contributed by atoms with van der Waals surface area (Å²) >= 11 is 6.14. The van der Waals surface area contributed by atoms with E-state index < -0.39 is 21.7 Å². The highest BCUT2D eigenvalue weighted by molar-refractivity contribution is 7.89. The van der Waals surface area contributed by atoms with Crippen molar-refractivity contribution in [3.8, 4) is 0 Å². The van der Waals surface area contributed by atoms with Crippen LogP contribution < -0.4 is 15.4 Å². The molecule has 1 aliphatic rings. The number of rotatable bonds is 6. The molecule has 6 nitrogen and oxygen atoms in total. The lowest BCUT2D eigenvalue weighted by molar-refractivity contribution is 0.102. The molecule has 0 radical (unpaired) electrons. The summed E-state index contributed by atoms with van der Waals surface area (Å²) in [6.07, 6.45) is 1.73. The number of carbonyl (C=O) groups excluding carboxylic acids is 1. The Hall–Kier alpha value is -2.00. The van der Waals surface area contributed by atoms with Crippen LogP contribution in [0.1, 0.15) is 35.7 Å². The van der Waals surface area contributed by atoms with Crippen LogP contribution >= 0.6 is 11.6 Å². The number of halogens is 2. The van der Waals surface area contributed by atoms with Crippen LogP contribution in [0.15, 0.2) is 41.3 Å². The number of amides is 1. The highest BCUT2D eigenvalue weighted by atomic mass is 35.5. The van der Waals surface area contributed by atoms with Gasteiger partial charge >= 0.3 is 0 Å². The summed E-state index contributed by atoms with van der Waals surface area (Å²) in [7, 11) is -3.97. The number of piperidine rings is 1. The molecule has 3 rings (SSSR count). The Balaban J connectivity index is 1.79. The van der Waals surface area contributed by atoms with E-state index in [0.29, 0.717) is 5.56 Å². The molecule has 2 aromatic carbocycles. The lowest BCUT2D eigenvalue weighted by Gasteiger charge is -2.28. The molecule has 3 N–H and O–H groups in total. The summed E-state index contributed by atoms with van der Waals surface area (Å²) in [4.78, 5) is 12.2. The van der Waals surface area contributed by atoms with Crippen molar-refractivity contribution in [2.24, 2.45) is 5.92 Å². The molecule has 1 fully saturated rings. The zero-order valence-electron chi connectivity index (χ0n) is 16.8. The fourth-order valence-electron chi connectivity index (χ4n) is 3.59. The first kappa shape index (κ1) is 22.7. The molecule has 1 atom stereocenters. The monoisotopic (exact) mass is 453 g/mol. The topological polar surface area (TPSA) is 87.3 Å². The smallest absolute Gasteiger partial charge is 0.256 e. The van der Waals surface area contributed by atoms with Gasteiger partial charge in [-0.1, -0.05) is 29.8 Å². The van der Waals surface area contributed by atoms with E-state index in [1.54, 1.807) is 31.2 Å². The summed E-state index contributed by atoms with van der Waals surface area (Å²) in [5.74, 6) is -1.24. The average molecular weight is 454 g/mol. The molecule has 0 saturated carbocycles. The molecule has 0 spiro atoms. The van der Waals surface area contributed by atoms with Crippen molar-refractivity contribution >= 4 is 33.2 Å². The fourth-order valence-corrected chi connectivity index (χ4v) is 5.26. The maximum Gasteiger partial charge on any atom is 0.256 e. The molecule has 162 valence electrons. The van der Waals surface area contributed by atoms with Gasteiger partial charge in [0.1, 0.15) is 5.82 Å². The van der Waals surface area contributed by atoms with E-state index in [9.17, 15) is 17.6 Å². The number of nitrogens with one attached hydrogen (secondary N) is 3. The number of hydrogen-bond acceptors (Lipinski definition) is 4. The molecule has 0 aromatic heterocycles. The summed E-state index contributed by atoms with van der Waals surface area (Å²) in [6, 6.07) is 8.59. The Morgan fingerprint density at radius 3 is 2.53 bits per heavy atom. The second-order valence-corrected chi connectivity index (χ2v) is 9.65. The predicted molar refractivity (Wildman–Crippen MR) is 116 cm³/mol. The fraction of sp³-hybridized carbons (Fsp3) is 0.381. The summed E-state index contributed by atoms with van der Waals surface area (Å²) in [5, 5.41) is 5.49. The van der Waals surface area contributed by atoms with Crippen molar-refractivity contribution in [1.82, 2.24) is 10.0 Å². The van der Waals surface area contributed by atoms with Crippen LogP contribution in [0.4, 0.5) is 10.1 Å². The third-order valence-electron chi connectivity index (χ3n) is 5.39. The lowest BCUT2D eigenvalue weighted by atomic mass is 9.92. The highest BCUT2D eigenvalue weighted by Crippen LogP contribution is 2.30. The van der Waals surface area contributed by atoms with Gasteiger partial charge in [-0.05, 0) is 69.5 Å². The standard InChI is InChI=1S/C21H25ClFN3O3S/c1-13-5-3-4-6-17(13)21(27)25-20-18(22)11-16(12-19(20)23)30(28,29)26-14(2)15-7-9-24-10-8-15/h3-6,11-12,14-15,24,26H,7-10H2,1-2H3,(H,25,27). The van der Waals surface area contributed by atoms with Crippen LogP contribution in [-0.4, -0.2) is 33.5 Å². The summed E-state index contributed by atoms with van der Waals surface area (Å²) < 4.78 is 42.8. The highest BCUT2D eigenvalue weighted by Gasteiger charge is 2.27. The van der Waals surface area contributed by atoms with Gasteiger partial charge < -0.3 is 10.6 Å². The van der Waals surface area contributed by atoms with Crippen LogP contribution in [-0.2, 0) is 10.0 Å². The second kappa shape index (κ2) is 9.43. The van der Waals surface area contributed by atoms with Crippen molar-refractivity contribution in [2.45, 2.75) is 37.6 Å². The van der Waals surface area contributed by atoms with Crippen molar-refractivity contribution in [3.63, 3.8) is 0 Å². The molecule has 0 bridgehead atoms. The predicted octanol–water partition coefficient (Wildman–Crippen LogP) is 3.71. The summed E-state index contributed by atoms with van der Waals surface area (Å²) in [5.41, 5.74) is 0.847. The van der Waals surface area contributed by atoms with Crippen LogP contribution in [0, 0.1) is 18.7 Å². The van der Waals surface area contributed by atoms with E-state index in [0.717, 1.165) is 43.6 Å². The third kappa shape index (κ3) is 5.18. The van der Waals surface area contributed by atoms with E-state index >= 15 is 0 Å². The molecule has 2 aromatic rings. The lowest BCUT2D eigenvalue weighted by Crippen LogP contribution is -2.42. The maximum absolute atomic E-state index is 14.7. The van der Waals surface area contributed by atoms with Gasteiger partial charge in [-0.15, -0.1) is 0 Å². The number of hydrogen-bond donors (Lipinski definition) is 3. The van der Waals surface area contributed by atoms with E-state index in [1.807, 2.05) is 6.92 Å². The Morgan fingerprint density at radius 1 is 1.23 bits per heavy atom. The molecule has 30 heavy (non-hydrogen) atoms. The van der Waals surface area contributed by atoms with E-state index in [1.165, 1.54) is 0 Å². The van der Waals surface area contributed by atoms with Gasteiger partial charge in [-0.2, -0.15) is 0 Å². The first-order chi connectivity index (χ1) is 14.2. The van der Waals surface area contributed by atoms with Crippen molar-refractivity contribution in [3.05, 3.63) is 58.4 Å². The Labute approximate surface area is 181 Å². The molecule has 9 heteroatoms. The van der Waals surface area contributed by atoms with Crippen molar-refractivity contribution in [1.29, 1.82) is 0 Å². The largest absolute Gasteiger partial charge is 0.318 e. The van der Waals surface area contributed by atoms with Crippen molar-refractivity contribution < 1.29 is 17.6 Å². The minimum atomic E-state index is -3.97. The van der Waals surface area contributed by atoms with Gasteiger partial charge in [-0.25, -0.2) is 17.5 Å². The Kier molecular flexibility index (Phi) is 7.13. The summed E-state index contributed by atoms with van der Waals surface area (Å²) in [6.45, 7) is 5.25. The number of anilines is 1. The van der Waals surface area contributed by atoms with E-state index in [4.69, 9.17) is 11.6 Å². The van der Waals surface area contributed by atoms with E-state index in [2.05, 4.69) is 15.4 Å². The van der Waals surface area contributed by atoms with Crippen molar-refractivity contribution in [2.75, 3.05) is 18.4 Å². The number of sulfonamides is 1. The zero-order chi connectivity index (χ0) is 21.9. The second-order valence-electron chi connectivity index (χ2n) is 7.53. The molecule has 0 aliphatic carbocycles. The Morgan fingerprint density at radius 2 is 1.90 bits per heavy atom. The minimum absolute atomic E-state index is 0.188. The van der Waals surface area contributed by atoms with Gasteiger partial charge in [0.2, 0.25) is 10.0 Å². The van der Waals surface area contributed by atoms with Gasteiger partial charge in [-0.3, -0.25) is 4.79 Å². The first-order valence-corrected chi connectivity index (χ1v) is 11.6. The van der Waals surface area contributed by atoms with Gasteiger partial charge in [0.05, 0.1) is 15.6 Å². The third-order valence-corrected chi connectivity index (χ3v) is 7.22. The van der Waals surface area contributed by atoms with Crippen LogP contribution in [0.25, 0.3) is 0 Å². The van der Waals surface area contributed by atoms with Crippen LogP contribution in [0.5, 0.6) is 0 Å². The van der Waals surface area contributed by atoms with Gasteiger partial charge in [0.25, 0.3) is 5.91 Å². The van der Waals surface area contributed by atoms with Crippen LogP contribution in [0.2, 0.25) is 5.02 Å². The Bertz CT molecular complexity index is 1020. The van der Waals surface area contributed by atoms with E-state index in [-0.39, 0.29) is 27.6 Å². The number of aryl methyl sites for hydroxylation is 1. The maximum atomic E-state index is 14.7. The zero-order valence-corrected chi connectivity index (χ0v) is 18.4. The normalized spacial score (nSPS) is 16.3. The number of benzene rings is 2. The number of carbonyl (C=O) groups is 1. The quantitative estimate of drug-likeness (QED) is 0.622. The SMILES string of the molecule is Cc1ccccc1C(=O)Nc1c(F)cc(S(=O)(=O)NC(C)C2CCNCC2)cc1Cl. The minimum Gasteiger partial charge on any atom is -0.318 e. The van der Waals surface area contributed by atoms with Gasteiger partial charge in [0, 0.05) is 11.6 Å². The average Bonchev–Trinajstić information content (AvgIpc) is 2.71. The molecule has 1 heterocycles. The molecular formula is C21H25ClFN3O3S. The molecule has 1 amide bonds. The molecule has 1 saturated heterocycles.